The highest BCUT2D eigenvalue weighted by Gasteiger charge is 2.09. The van der Waals surface area contributed by atoms with Crippen molar-refractivity contribution in [2.75, 3.05) is 6.61 Å². The number of aryl methyl sites for hydroxylation is 1. The fourth-order valence-corrected chi connectivity index (χ4v) is 0.823. The van der Waals surface area contributed by atoms with Crippen LogP contribution in [0.25, 0.3) is 0 Å². The molecule has 0 unspecified atom stereocenters. The highest BCUT2D eigenvalue weighted by atomic mass is 16.5. The molecule has 66 valence electrons. The summed E-state index contributed by atoms with van der Waals surface area (Å²) in [6.07, 6.45) is 3.91. The van der Waals surface area contributed by atoms with Gasteiger partial charge in [-0.05, 0) is 6.42 Å². The Morgan fingerprint density at radius 1 is 1.75 bits per heavy atom. The number of hydrogen-bond donors (Lipinski definition) is 0. The van der Waals surface area contributed by atoms with Crippen LogP contribution in [0.15, 0.2) is 12.5 Å². The third kappa shape index (κ3) is 1.84. The summed E-state index contributed by atoms with van der Waals surface area (Å²) in [4.78, 5) is 15.0. The Hall–Kier alpha value is -1.32. The maximum absolute atomic E-state index is 11.2. The van der Waals surface area contributed by atoms with Crippen LogP contribution in [0.4, 0.5) is 0 Å². The lowest BCUT2D eigenvalue weighted by Crippen LogP contribution is -2.09. The van der Waals surface area contributed by atoms with Crippen LogP contribution in [0.2, 0.25) is 0 Å². The Balaban J connectivity index is 2.59. The highest BCUT2D eigenvalue weighted by Crippen LogP contribution is 1.99. The molecule has 0 aliphatic rings. The number of carbonyl (C=O) groups is 1. The summed E-state index contributed by atoms with van der Waals surface area (Å²) in [5, 5.41) is 0. The molecule has 4 heteroatoms. The zero-order valence-corrected chi connectivity index (χ0v) is 7.28. The Morgan fingerprint density at radius 3 is 3.00 bits per heavy atom. The van der Waals surface area contributed by atoms with E-state index in [1.54, 1.807) is 17.9 Å². The number of rotatable bonds is 3. The zero-order chi connectivity index (χ0) is 8.97. The number of ether oxygens (including phenoxy) is 1. The molecule has 0 atom stereocenters. The number of aromatic nitrogens is 2. The van der Waals surface area contributed by atoms with Gasteiger partial charge in [-0.3, -0.25) is 0 Å². The average Bonchev–Trinajstić information content (AvgIpc) is 2.47. The van der Waals surface area contributed by atoms with Crippen LogP contribution in [0, 0.1) is 0 Å². The largest absolute Gasteiger partial charge is 0.461 e. The van der Waals surface area contributed by atoms with Gasteiger partial charge in [0, 0.05) is 7.05 Å². The van der Waals surface area contributed by atoms with Crippen LogP contribution < -0.4 is 0 Å². The summed E-state index contributed by atoms with van der Waals surface area (Å²) in [7, 11) is 1.76. The lowest BCUT2D eigenvalue weighted by Gasteiger charge is -2.02. The Kier molecular flexibility index (Phi) is 2.85. The van der Waals surface area contributed by atoms with Gasteiger partial charge in [-0.15, -0.1) is 0 Å². The van der Waals surface area contributed by atoms with Crippen LogP contribution in [0.5, 0.6) is 0 Å². The van der Waals surface area contributed by atoms with Gasteiger partial charge in [0.15, 0.2) is 0 Å². The van der Waals surface area contributed by atoms with E-state index in [9.17, 15) is 4.79 Å². The van der Waals surface area contributed by atoms with E-state index in [1.165, 1.54) is 6.20 Å². The van der Waals surface area contributed by atoms with E-state index in [1.807, 2.05) is 6.92 Å². The Labute approximate surface area is 71.2 Å². The second kappa shape index (κ2) is 3.90. The van der Waals surface area contributed by atoms with Crippen LogP contribution in [-0.2, 0) is 11.8 Å². The molecular formula is C8H12N2O2. The molecule has 1 aromatic heterocycles. The first-order valence-corrected chi connectivity index (χ1v) is 3.89. The maximum Gasteiger partial charge on any atom is 0.356 e. The second-order valence-electron chi connectivity index (χ2n) is 2.53. The van der Waals surface area contributed by atoms with Gasteiger partial charge in [0.2, 0.25) is 0 Å². The van der Waals surface area contributed by atoms with E-state index in [4.69, 9.17) is 4.74 Å². The zero-order valence-electron chi connectivity index (χ0n) is 7.28. The van der Waals surface area contributed by atoms with Crippen molar-refractivity contribution >= 4 is 5.97 Å². The van der Waals surface area contributed by atoms with Crippen LogP contribution in [-0.4, -0.2) is 22.1 Å². The molecule has 0 N–H and O–H groups in total. The standard InChI is InChI=1S/C8H12N2O2/c1-3-4-12-8(11)7-5-9-6-10(7)2/h5-6H,3-4H2,1-2H3. The fourth-order valence-electron chi connectivity index (χ4n) is 0.823. The fraction of sp³-hybridized carbons (Fsp3) is 0.500. The van der Waals surface area contributed by atoms with Gasteiger partial charge in [0.1, 0.15) is 5.69 Å². The van der Waals surface area contributed by atoms with Gasteiger partial charge in [0.05, 0.1) is 19.1 Å². The quantitative estimate of drug-likeness (QED) is 0.632. The van der Waals surface area contributed by atoms with Gasteiger partial charge >= 0.3 is 5.97 Å². The van der Waals surface area contributed by atoms with Crippen molar-refractivity contribution in [3.05, 3.63) is 18.2 Å². The molecule has 0 radical (unpaired) electrons. The van der Waals surface area contributed by atoms with Crippen LogP contribution in [0.1, 0.15) is 23.8 Å². The minimum Gasteiger partial charge on any atom is -0.461 e. The molecule has 0 aliphatic carbocycles. The molecule has 0 aromatic carbocycles. The van der Waals surface area contributed by atoms with E-state index < -0.39 is 0 Å². The first kappa shape index (κ1) is 8.77. The summed E-state index contributed by atoms with van der Waals surface area (Å²) in [6, 6.07) is 0. The van der Waals surface area contributed by atoms with E-state index in [-0.39, 0.29) is 5.97 Å². The predicted molar refractivity (Wildman–Crippen MR) is 43.8 cm³/mol. The third-order valence-corrected chi connectivity index (χ3v) is 1.46. The number of imidazole rings is 1. The van der Waals surface area contributed by atoms with Gasteiger partial charge in [-0.25, -0.2) is 9.78 Å². The van der Waals surface area contributed by atoms with Crippen molar-refractivity contribution in [1.82, 2.24) is 9.55 Å². The summed E-state index contributed by atoms with van der Waals surface area (Å²) in [5.41, 5.74) is 0.489. The highest BCUT2D eigenvalue weighted by molar-refractivity contribution is 5.87. The molecule has 1 rings (SSSR count). The molecule has 1 aromatic rings. The van der Waals surface area contributed by atoms with E-state index in [0.29, 0.717) is 12.3 Å². The van der Waals surface area contributed by atoms with Gasteiger partial charge in [-0.2, -0.15) is 0 Å². The Morgan fingerprint density at radius 2 is 2.50 bits per heavy atom. The van der Waals surface area contributed by atoms with Crippen LogP contribution >= 0.6 is 0 Å². The Bertz CT molecular complexity index is 268. The molecule has 0 bridgehead atoms. The minimum absolute atomic E-state index is 0.308. The number of carbonyl (C=O) groups excluding carboxylic acids is 1. The maximum atomic E-state index is 11.2. The van der Waals surface area contributed by atoms with E-state index in [2.05, 4.69) is 4.98 Å². The lowest BCUT2D eigenvalue weighted by molar-refractivity contribution is 0.0494. The van der Waals surface area contributed by atoms with Gasteiger partial charge < -0.3 is 9.30 Å². The smallest absolute Gasteiger partial charge is 0.356 e. The topological polar surface area (TPSA) is 44.1 Å². The third-order valence-electron chi connectivity index (χ3n) is 1.46. The van der Waals surface area contributed by atoms with Crippen molar-refractivity contribution in [2.45, 2.75) is 13.3 Å². The monoisotopic (exact) mass is 168 g/mol. The lowest BCUT2D eigenvalue weighted by atomic mass is 10.4. The van der Waals surface area contributed by atoms with Crippen molar-refractivity contribution < 1.29 is 9.53 Å². The summed E-state index contributed by atoms with van der Waals surface area (Å²) >= 11 is 0. The molecule has 0 aliphatic heterocycles. The van der Waals surface area contributed by atoms with E-state index >= 15 is 0 Å². The molecule has 0 saturated heterocycles. The normalized spacial score (nSPS) is 9.83. The van der Waals surface area contributed by atoms with E-state index in [0.717, 1.165) is 6.42 Å². The second-order valence-corrected chi connectivity index (χ2v) is 2.53. The van der Waals surface area contributed by atoms with Crippen molar-refractivity contribution in [3.8, 4) is 0 Å². The number of hydrogen-bond acceptors (Lipinski definition) is 3. The molecular weight excluding hydrogens is 156 g/mol. The minimum atomic E-state index is -0.308. The molecule has 1 heterocycles. The van der Waals surface area contributed by atoms with Gasteiger partial charge in [0.25, 0.3) is 0 Å². The summed E-state index contributed by atoms with van der Waals surface area (Å²) in [5.74, 6) is -0.308. The van der Waals surface area contributed by atoms with Crippen molar-refractivity contribution in [3.63, 3.8) is 0 Å². The summed E-state index contributed by atoms with van der Waals surface area (Å²) in [6.45, 7) is 2.42. The number of esters is 1. The molecule has 0 spiro atoms. The summed E-state index contributed by atoms with van der Waals surface area (Å²) < 4.78 is 6.55. The first-order valence-electron chi connectivity index (χ1n) is 3.89. The van der Waals surface area contributed by atoms with Gasteiger partial charge in [-0.1, -0.05) is 6.92 Å². The molecule has 4 nitrogen and oxygen atoms in total. The molecule has 0 amide bonds. The first-order chi connectivity index (χ1) is 5.75. The predicted octanol–water partition coefficient (Wildman–Crippen LogP) is 0.987. The molecule has 12 heavy (non-hydrogen) atoms. The molecule has 0 fully saturated rings. The van der Waals surface area contributed by atoms with Crippen LogP contribution in [0.3, 0.4) is 0 Å². The number of nitrogens with zero attached hydrogens (tertiary/aromatic N) is 2. The van der Waals surface area contributed by atoms with Crippen molar-refractivity contribution in [2.24, 2.45) is 7.05 Å². The SMILES string of the molecule is CCCOC(=O)c1cncn1C. The molecule has 0 saturated carbocycles. The van der Waals surface area contributed by atoms with Crippen molar-refractivity contribution in [1.29, 1.82) is 0 Å². The average molecular weight is 168 g/mol.